The molecule has 1 fully saturated rings. The summed E-state index contributed by atoms with van der Waals surface area (Å²) in [5, 5.41) is 3.29. The van der Waals surface area contributed by atoms with E-state index in [2.05, 4.69) is 30.4 Å². The average molecular weight is 324 g/mol. The van der Waals surface area contributed by atoms with Gasteiger partial charge in [-0.1, -0.05) is 48.5 Å². The lowest BCUT2D eigenvalue weighted by Gasteiger charge is -2.33. The second kappa shape index (κ2) is 7.97. The van der Waals surface area contributed by atoms with Gasteiger partial charge in [0.05, 0.1) is 0 Å². The molecule has 2 aromatic rings. The fourth-order valence-electron chi connectivity index (χ4n) is 3.04. The van der Waals surface area contributed by atoms with Crippen molar-refractivity contribution < 1.29 is 9.53 Å². The zero-order valence-electron chi connectivity index (χ0n) is 14.1. The van der Waals surface area contributed by atoms with Crippen LogP contribution in [0.15, 0.2) is 54.6 Å². The predicted molar refractivity (Wildman–Crippen MR) is 95.2 cm³/mol. The molecule has 1 heterocycles. The Morgan fingerprint density at radius 3 is 2.71 bits per heavy atom. The number of piperazine rings is 1. The number of rotatable bonds is 5. The van der Waals surface area contributed by atoms with Gasteiger partial charge in [-0.05, 0) is 24.1 Å². The Balaban J connectivity index is 1.64. The number of carbonyl (C=O) groups excluding carboxylic acids is 1. The van der Waals surface area contributed by atoms with E-state index < -0.39 is 0 Å². The minimum atomic E-state index is 0.0542. The van der Waals surface area contributed by atoms with Crippen LogP contribution in [0.3, 0.4) is 0 Å². The zero-order valence-corrected chi connectivity index (χ0v) is 14.1. The Bertz CT molecular complexity index is 672. The van der Waals surface area contributed by atoms with E-state index in [4.69, 9.17) is 4.74 Å². The van der Waals surface area contributed by atoms with Crippen LogP contribution in [0.2, 0.25) is 0 Å². The van der Waals surface area contributed by atoms with Gasteiger partial charge in [-0.2, -0.15) is 0 Å². The van der Waals surface area contributed by atoms with E-state index in [0.29, 0.717) is 0 Å². The molecular weight excluding hydrogens is 300 g/mol. The summed E-state index contributed by atoms with van der Waals surface area (Å²) in [5.41, 5.74) is 2.33. The van der Waals surface area contributed by atoms with Crippen LogP contribution < -0.4 is 10.1 Å². The standard InChI is InChI=1S/C20H24N2O2/c1-16-14-21-11-12-22(16)20(23)15-24-19-10-6-5-9-18(19)13-17-7-3-2-4-8-17/h2-10,16,21H,11-15H2,1H3/t16-/m1/s1. The number of hydrogen-bond acceptors (Lipinski definition) is 3. The molecule has 1 amide bonds. The Hall–Kier alpha value is -2.33. The van der Waals surface area contributed by atoms with Crippen LogP contribution in [0.5, 0.6) is 5.75 Å². The molecule has 1 N–H and O–H groups in total. The summed E-state index contributed by atoms with van der Waals surface area (Å²) < 4.78 is 5.86. The van der Waals surface area contributed by atoms with Crippen molar-refractivity contribution in [1.29, 1.82) is 0 Å². The summed E-state index contributed by atoms with van der Waals surface area (Å²) in [6.07, 6.45) is 0.801. The molecule has 0 radical (unpaired) electrons. The second-order valence-corrected chi connectivity index (χ2v) is 6.20. The molecule has 1 saturated heterocycles. The number of nitrogens with one attached hydrogen (secondary N) is 1. The SMILES string of the molecule is C[C@@H]1CNCCN1C(=O)COc1ccccc1Cc1ccccc1. The molecule has 1 aliphatic heterocycles. The molecule has 24 heavy (non-hydrogen) atoms. The summed E-state index contributed by atoms with van der Waals surface area (Å²) in [6.45, 7) is 4.59. The van der Waals surface area contributed by atoms with Crippen LogP contribution in [0.25, 0.3) is 0 Å². The van der Waals surface area contributed by atoms with Crippen LogP contribution in [0, 0.1) is 0 Å². The normalized spacial score (nSPS) is 17.5. The molecule has 0 saturated carbocycles. The smallest absolute Gasteiger partial charge is 0.260 e. The lowest BCUT2D eigenvalue weighted by atomic mass is 10.0. The highest BCUT2D eigenvalue weighted by Gasteiger charge is 2.23. The van der Waals surface area contributed by atoms with Gasteiger partial charge in [-0.15, -0.1) is 0 Å². The molecule has 0 aromatic heterocycles. The molecule has 2 aromatic carbocycles. The van der Waals surface area contributed by atoms with Crippen LogP contribution in [-0.2, 0) is 11.2 Å². The first-order valence-corrected chi connectivity index (χ1v) is 8.49. The Kier molecular flexibility index (Phi) is 5.49. The average Bonchev–Trinajstić information content (AvgIpc) is 2.62. The predicted octanol–water partition coefficient (Wildman–Crippen LogP) is 2.48. The van der Waals surface area contributed by atoms with E-state index >= 15 is 0 Å². The molecule has 1 atom stereocenters. The van der Waals surface area contributed by atoms with Gasteiger partial charge < -0.3 is 15.0 Å². The van der Waals surface area contributed by atoms with E-state index in [1.807, 2.05) is 41.3 Å². The van der Waals surface area contributed by atoms with Gasteiger partial charge in [0.25, 0.3) is 5.91 Å². The van der Waals surface area contributed by atoms with Gasteiger partial charge in [0.2, 0.25) is 0 Å². The van der Waals surface area contributed by atoms with Gasteiger partial charge in [-0.3, -0.25) is 4.79 Å². The van der Waals surface area contributed by atoms with Gasteiger partial charge in [-0.25, -0.2) is 0 Å². The summed E-state index contributed by atoms with van der Waals surface area (Å²) in [7, 11) is 0. The zero-order chi connectivity index (χ0) is 16.8. The third-order valence-electron chi connectivity index (χ3n) is 4.38. The fraction of sp³-hybridized carbons (Fsp3) is 0.350. The van der Waals surface area contributed by atoms with Crippen molar-refractivity contribution in [3.8, 4) is 5.75 Å². The summed E-state index contributed by atoms with van der Waals surface area (Å²) in [5.74, 6) is 0.844. The highest BCUT2D eigenvalue weighted by Crippen LogP contribution is 2.21. The van der Waals surface area contributed by atoms with E-state index in [-0.39, 0.29) is 18.6 Å². The van der Waals surface area contributed by atoms with Crippen molar-refractivity contribution in [3.63, 3.8) is 0 Å². The second-order valence-electron chi connectivity index (χ2n) is 6.20. The minimum Gasteiger partial charge on any atom is -0.483 e. The first-order chi connectivity index (χ1) is 11.7. The van der Waals surface area contributed by atoms with E-state index in [1.54, 1.807) is 0 Å². The van der Waals surface area contributed by atoms with E-state index in [9.17, 15) is 4.79 Å². The van der Waals surface area contributed by atoms with Crippen LogP contribution in [-0.4, -0.2) is 43.1 Å². The van der Waals surface area contributed by atoms with Crippen molar-refractivity contribution in [3.05, 3.63) is 65.7 Å². The van der Waals surface area contributed by atoms with Crippen molar-refractivity contribution in [2.75, 3.05) is 26.2 Å². The highest BCUT2D eigenvalue weighted by atomic mass is 16.5. The molecule has 0 unspecified atom stereocenters. The maximum atomic E-state index is 12.4. The molecule has 4 nitrogen and oxygen atoms in total. The van der Waals surface area contributed by atoms with E-state index in [0.717, 1.165) is 37.4 Å². The number of benzene rings is 2. The number of para-hydroxylation sites is 1. The molecule has 3 rings (SSSR count). The van der Waals surface area contributed by atoms with Crippen molar-refractivity contribution in [2.24, 2.45) is 0 Å². The number of carbonyl (C=O) groups is 1. The highest BCUT2D eigenvalue weighted by molar-refractivity contribution is 5.78. The molecule has 0 aliphatic carbocycles. The lowest BCUT2D eigenvalue weighted by Crippen LogP contribution is -2.53. The molecule has 1 aliphatic rings. The lowest BCUT2D eigenvalue weighted by molar-refractivity contribution is -0.136. The Labute approximate surface area is 143 Å². The Morgan fingerprint density at radius 1 is 1.17 bits per heavy atom. The summed E-state index contributed by atoms with van der Waals surface area (Å²) >= 11 is 0. The number of ether oxygens (including phenoxy) is 1. The van der Waals surface area contributed by atoms with Crippen molar-refractivity contribution in [1.82, 2.24) is 10.2 Å². The maximum absolute atomic E-state index is 12.4. The van der Waals surface area contributed by atoms with Crippen molar-refractivity contribution >= 4 is 5.91 Å². The largest absolute Gasteiger partial charge is 0.483 e. The first kappa shape index (κ1) is 16.5. The minimum absolute atomic E-state index is 0.0542. The Morgan fingerprint density at radius 2 is 1.92 bits per heavy atom. The third-order valence-corrected chi connectivity index (χ3v) is 4.38. The molecule has 4 heteroatoms. The maximum Gasteiger partial charge on any atom is 0.260 e. The van der Waals surface area contributed by atoms with Gasteiger partial charge >= 0.3 is 0 Å². The number of hydrogen-bond donors (Lipinski definition) is 1. The van der Waals surface area contributed by atoms with Gasteiger partial charge in [0.1, 0.15) is 5.75 Å². The van der Waals surface area contributed by atoms with Gasteiger partial charge in [0, 0.05) is 32.1 Å². The topological polar surface area (TPSA) is 41.6 Å². The van der Waals surface area contributed by atoms with E-state index in [1.165, 1.54) is 5.56 Å². The number of nitrogens with zero attached hydrogens (tertiary/aromatic N) is 1. The van der Waals surface area contributed by atoms with Crippen molar-refractivity contribution in [2.45, 2.75) is 19.4 Å². The first-order valence-electron chi connectivity index (χ1n) is 8.49. The number of amides is 1. The molecule has 0 spiro atoms. The van der Waals surface area contributed by atoms with Crippen LogP contribution in [0.4, 0.5) is 0 Å². The fourth-order valence-corrected chi connectivity index (χ4v) is 3.04. The monoisotopic (exact) mass is 324 g/mol. The molecule has 0 bridgehead atoms. The van der Waals surface area contributed by atoms with Crippen LogP contribution in [0.1, 0.15) is 18.1 Å². The quantitative estimate of drug-likeness (QED) is 0.919. The third kappa shape index (κ3) is 4.15. The van der Waals surface area contributed by atoms with Crippen LogP contribution >= 0.6 is 0 Å². The summed E-state index contributed by atoms with van der Waals surface area (Å²) in [6, 6.07) is 18.4. The molecule has 126 valence electrons. The van der Waals surface area contributed by atoms with Gasteiger partial charge in [0.15, 0.2) is 6.61 Å². The molecular formula is C20H24N2O2. The summed E-state index contributed by atoms with van der Waals surface area (Å²) in [4.78, 5) is 14.3.